The van der Waals surface area contributed by atoms with E-state index in [4.69, 9.17) is 0 Å². The van der Waals surface area contributed by atoms with Crippen LogP contribution < -0.4 is 0 Å². The van der Waals surface area contributed by atoms with Crippen LogP contribution in [0.3, 0.4) is 0 Å². The molecule has 3 aromatic rings. The van der Waals surface area contributed by atoms with Gasteiger partial charge in [0, 0.05) is 0 Å². The Bertz CT molecular complexity index is 872. The molecule has 0 bridgehead atoms. The molecule has 0 aliphatic rings. The van der Waals surface area contributed by atoms with Gasteiger partial charge in [0.05, 0.1) is 5.41 Å². The van der Waals surface area contributed by atoms with Gasteiger partial charge < -0.3 is 5.11 Å². The van der Waals surface area contributed by atoms with Crippen LogP contribution in [0.5, 0.6) is 0 Å². The molecule has 0 aliphatic heterocycles. The molecule has 1 N–H and O–H groups in total. The Kier molecular flexibility index (Phi) is 6.68. The second-order valence-electron chi connectivity index (χ2n) is 6.77. The molecule has 0 saturated heterocycles. The van der Waals surface area contributed by atoms with Crippen LogP contribution in [-0.4, -0.2) is 16.2 Å². The van der Waals surface area contributed by atoms with E-state index in [1.165, 1.54) is 0 Å². The van der Waals surface area contributed by atoms with Gasteiger partial charge in [-0.05, 0) is 23.1 Å². The van der Waals surface area contributed by atoms with Gasteiger partial charge in [0.2, 0.25) is 0 Å². The van der Waals surface area contributed by atoms with Gasteiger partial charge in [0.25, 0.3) is 0 Å². The zero-order valence-electron chi connectivity index (χ0n) is 15.8. The van der Waals surface area contributed by atoms with Crippen molar-refractivity contribution >= 4 is 23.7 Å². The number of hydrogen-bond acceptors (Lipinski definition) is 2. The molecule has 4 heteroatoms. The number of rotatable bonds is 8. The van der Waals surface area contributed by atoms with E-state index in [0.717, 1.165) is 16.7 Å². The average Bonchev–Trinajstić information content (AvgIpc) is 2.75. The summed E-state index contributed by atoms with van der Waals surface area (Å²) in [5.74, 6) is -2.34. The molecule has 146 valence electrons. The van der Waals surface area contributed by atoms with Gasteiger partial charge in [-0.3, -0.25) is 9.59 Å². The summed E-state index contributed by atoms with van der Waals surface area (Å²) >= 11 is 3.73. The lowest BCUT2D eigenvalue weighted by molar-refractivity contribution is -0.143. The van der Waals surface area contributed by atoms with Crippen molar-refractivity contribution < 1.29 is 14.7 Å². The molecule has 0 saturated carbocycles. The predicted molar refractivity (Wildman–Crippen MR) is 118 cm³/mol. The number of thiol groups is 1. The molecule has 0 fully saturated rings. The molecule has 0 aliphatic carbocycles. The van der Waals surface area contributed by atoms with Crippen molar-refractivity contribution in [1.82, 2.24) is 0 Å². The smallest absolute Gasteiger partial charge is 0.315 e. The summed E-state index contributed by atoms with van der Waals surface area (Å²) in [5, 5.41) is 8.67. The van der Waals surface area contributed by atoms with Crippen molar-refractivity contribution in [3.8, 4) is 0 Å². The second-order valence-corrected chi connectivity index (χ2v) is 7.21. The zero-order chi connectivity index (χ0) is 20.7. The highest BCUT2D eigenvalue weighted by Gasteiger charge is 2.33. The Morgan fingerprint density at radius 2 is 1.17 bits per heavy atom. The summed E-state index contributed by atoms with van der Waals surface area (Å²) in [6.45, 7) is 0. The number of allylic oxidation sites excluding steroid dienone is 2. The van der Waals surface area contributed by atoms with Crippen LogP contribution >= 0.6 is 12.6 Å². The topological polar surface area (TPSA) is 54.4 Å². The number of benzene rings is 3. The molecule has 0 radical (unpaired) electrons. The van der Waals surface area contributed by atoms with Crippen molar-refractivity contribution in [2.45, 2.75) is 11.8 Å². The maximum absolute atomic E-state index is 11.6. The minimum atomic E-state index is -1.17. The lowest BCUT2D eigenvalue weighted by atomic mass is 9.69. The molecule has 0 amide bonds. The second kappa shape index (κ2) is 9.39. The summed E-state index contributed by atoms with van der Waals surface area (Å²) < 4.78 is 0. The summed E-state index contributed by atoms with van der Waals surface area (Å²) in [4.78, 5) is 23.0. The number of carboxylic acid groups (broad SMARTS) is 1. The standard InChI is InChI=1S/C25H22O3S/c26-23(27)22(24(28)29)17-10-18-25(19-11-4-1-5-12-19,20-13-6-2-7-14-20)21-15-8-3-9-16-21/h1-16,18,22H,17H2,(H,26,27)(H,28,29)/b18-10-. The van der Waals surface area contributed by atoms with Gasteiger partial charge in [-0.1, -0.05) is 103 Å². The molecule has 0 spiro atoms. The number of hydrogen-bond donors (Lipinski definition) is 2. The minimum Gasteiger partial charge on any atom is -0.481 e. The Morgan fingerprint density at radius 1 is 0.793 bits per heavy atom. The number of carboxylic acids is 1. The summed E-state index contributed by atoms with van der Waals surface area (Å²) in [6.07, 6.45) is 3.85. The minimum absolute atomic E-state index is 0.0753. The monoisotopic (exact) mass is 402 g/mol. The van der Waals surface area contributed by atoms with E-state index in [1.807, 2.05) is 60.7 Å². The number of aliphatic carboxylic acids is 1. The van der Waals surface area contributed by atoms with Gasteiger partial charge in [-0.25, -0.2) is 0 Å². The first kappa shape index (κ1) is 20.6. The number of carbonyl (C=O) groups is 2. The van der Waals surface area contributed by atoms with E-state index < -0.39 is 22.4 Å². The maximum Gasteiger partial charge on any atom is 0.315 e. The van der Waals surface area contributed by atoms with Crippen LogP contribution in [-0.2, 0) is 15.0 Å². The highest BCUT2D eigenvalue weighted by Crippen LogP contribution is 2.40. The van der Waals surface area contributed by atoms with Crippen LogP contribution in [0.15, 0.2) is 103 Å². The van der Waals surface area contributed by atoms with E-state index in [-0.39, 0.29) is 6.42 Å². The van der Waals surface area contributed by atoms with Crippen LogP contribution in [0, 0.1) is 5.92 Å². The predicted octanol–water partition coefficient (Wildman–Crippen LogP) is 5.12. The molecule has 0 aromatic heterocycles. The Morgan fingerprint density at radius 3 is 1.48 bits per heavy atom. The van der Waals surface area contributed by atoms with E-state index in [1.54, 1.807) is 6.08 Å². The van der Waals surface area contributed by atoms with Crippen LogP contribution in [0.2, 0.25) is 0 Å². The van der Waals surface area contributed by atoms with E-state index in [2.05, 4.69) is 49.0 Å². The SMILES string of the molecule is O=C(O)C(C/C=C\C(c1ccccc1)(c1ccccc1)c1ccccc1)C(=O)S. The third-order valence-corrected chi connectivity index (χ3v) is 5.33. The van der Waals surface area contributed by atoms with E-state index in [0.29, 0.717) is 0 Å². The fourth-order valence-electron chi connectivity index (χ4n) is 3.58. The van der Waals surface area contributed by atoms with Crippen molar-refractivity contribution in [2.75, 3.05) is 0 Å². The van der Waals surface area contributed by atoms with Crippen molar-refractivity contribution in [2.24, 2.45) is 5.92 Å². The summed E-state index contributed by atoms with van der Waals surface area (Å²) in [6, 6.07) is 30.2. The molecular weight excluding hydrogens is 380 g/mol. The fraction of sp³-hybridized carbons (Fsp3) is 0.120. The molecular formula is C25H22O3S. The van der Waals surface area contributed by atoms with Crippen molar-refractivity contribution in [3.05, 3.63) is 120 Å². The quantitative estimate of drug-likeness (QED) is 0.238. The van der Waals surface area contributed by atoms with Crippen LogP contribution in [0.1, 0.15) is 23.1 Å². The lowest BCUT2D eigenvalue weighted by Crippen LogP contribution is -2.27. The van der Waals surface area contributed by atoms with Gasteiger partial charge in [-0.15, -0.1) is 12.6 Å². The highest BCUT2D eigenvalue weighted by molar-refractivity contribution is 7.96. The maximum atomic E-state index is 11.6. The Labute approximate surface area is 176 Å². The number of carbonyl (C=O) groups excluding carboxylic acids is 1. The Hall–Kier alpha value is -3.11. The van der Waals surface area contributed by atoms with Gasteiger partial charge >= 0.3 is 5.97 Å². The molecule has 3 aromatic carbocycles. The molecule has 3 rings (SSSR count). The highest BCUT2D eigenvalue weighted by atomic mass is 32.1. The normalized spacial score (nSPS) is 12.6. The van der Waals surface area contributed by atoms with Crippen LogP contribution in [0.4, 0.5) is 0 Å². The van der Waals surface area contributed by atoms with E-state index >= 15 is 0 Å². The van der Waals surface area contributed by atoms with Crippen molar-refractivity contribution in [3.63, 3.8) is 0 Å². The first-order valence-electron chi connectivity index (χ1n) is 9.35. The lowest BCUT2D eigenvalue weighted by Gasteiger charge is -2.33. The molecule has 29 heavy (non-hydrogen) atoms. The Balaban J connectivity index is 2.19. The van der Waals surface area contributed by atoms with Gasteiger partial charge in [-0.2, -0.15) is 0 Å². The van der Waals surface area contributed by atoms with Gasteiger partial charge in [0.15, 0.2) is 5.12 Å². The summed E-state index contributed by atoms with van der Waals surface area (Å²) in [7, 11) is 0. The summed E-state index contributed by atoms with van der Waals surface area (Å²) in [5.41, 5.74) is 2.54. The largest absolute Gasteiger partial charge is 0.481 e. The zero-order valence-corrected chi connectivity index (χ0v) is 16.7. The molecule has 0 heterocycles. The average molecular weight is 403 g/mol. The first-order chi connectivity index (χ1) is 14.1. The fourth-order valence-corrected chi connectivity index (χ4v) is 3.80. The first-order valence-corrected chi connectivity index (χ1v) is 9.80. The van der Waals surface area contributed by atoms with Crippen molar-refractivity contribution in [1.29, 1.82) is 0 Å². The third kappa shape index (κ3) is 4.49. The molecule has 1 unspecified atom stereocenters. The van der Waals surface area contributed by atoms with Gasteiger partial charge in [0.1, 0.15) is 5.92 Å². The third-order valence-electron chi connectivity index (χ3n) is 5.02. The van der Waals surface area contributed by atoms with Crippen LogP contribution in [0.25, 0.3) is 0 Å². The molecule has 3 nitrogen and oxygen atoms in total. The molecule has 1 atom stereocenters. The van der Waals surface area contributed by atoms with E-state index in [9.17, 15) is 14.7 Å².